The first-order chi connectivity index (χ1) is 8.95. The average molecular weight is 315 g/mol. The summed E-state index contributed by atoms with van der Waals surface area (Å²) in [4.78, 5) is 5.99. The quantitative estimate of drug-likeness (QED) is 0.823. The summed E-state index contributed by atoms with van der Waals surface area (Å²) in [6, 6.07) is 4.05. The van der Waals surface area contributed by atoms with E-state index < -0.39 is 0 Å². The summed E-state index contributed by atoms with van der Waals surface area (Å²) in [5.41, 5.74) is 1.32. The zero-order chi connectivity index (χ0) is 13.9. The van der Waals surface area contributed by atoms with E-state index >= 15 is 0 Å². The first kappa shape index (κ1) is 15.0. The monoisotopic (exact) mass is 314 g/mol. The van der Waals surface area contributed by atoms with Crippen molar-refractivity contribution in [3.63, 3.8) is 0 Å². The molecule has 0 saturated carbocycles. The summed E-state index contributed by atoms with van der Waals surface area (Å²) >= 11 is 9.29. The van der Waals surface area contributed by atoms with Gasteiger partial charge < -0.3 is 5.32 Å². The summed E-state index contributed by atoms with van der Waals surface area (Å²) in [6.07, 6.45) is 1.02. The van der Waals surface area contributed by atoms with E-state index in [0.717, 1.165) is 28.9 Å². The predicted octanol–water partition coefficient (Wildman–Crippen LogP) is 4.49. The number of hydrogen-bond acceptors (Lipinski definition) is 4. The second-order valence-electron chi connectivity index (χ2n) is 5.51. The lowest BCUT2D eigenvalue weighted by molar-refractivity contribution is 0.568. The number of halogens is 1. The molecule has 1 N–H and O–H groups in total. The number of aromatic nitrogens is 1. The van der Waals surface area contributed by atoms with E-state index in [9.17, 15) is 0 Å². The minimum atomic E-state index is 0.141. The van der Waals surface area contributed by atoms with E-state index in [1.54, 1.807) is 22.7 Å². The molecule has 0 bridgehead atoms. The predicted molar refractivity (Wildman–Crippen MR) is 85.6 cm³/mol. The van der Waals surface area contributed by atoms with Crippen LogP contribution in [0, 0.1) is 0 Å². The molecule has 0 amide bonds. The summed E-state index contributed by atoms with van der Waals surface area (Å²) < 4.78 is 0.866. The van der Waals surface area contributed by atoms with Gasteiger partial charge in [-0.15, -0.1) is 22.7 Å². The maximum atomic E-state index is 5.90. The minimum absolute atomic E-state index is 0.141. The number of nitrogens with zero attached hydrogens (tertiary/aromatic N) is 1. The second-order valence-corrected chi connectivity index (χ2v) is 8.25. The first-order valence-electron chi connectivity index (χ1n) is 6.35. The van der Waals surface area contributed by atoms with Gasteiger partial charge in [0.2, 0.25) is 0 Å². The number of rotatable bonds is 5. The molecule has 2 nitrogen and oxygen atoms in total. The molecular weight excluding hydrogens is 296 g/mol. The van der Waals surface area contributed by atoms with Crippen molar-refractivity contribution in [2.45, 2.75) is 39.2 Å². The molecular formula is C14H19ClN2S2. The highest BCUT2D eigenvalue weighted by atomic mass is 35.5. The largest absolute Gasteiger partial charge is 0.310 e. The molecule has 5 heteroatoms. The van der Waals surface area contributed by atoms with Crippen LogP contribution in [0.5, 0.6) is 0 Å². The first-order valence-corrected chi connectivity index (χ1v) is 8.42. The van der Waals surface area contributed by atoms with Crippen molar-refractivity contribution in [3.8, 4) is 0 Å². The number of thiazole rings is 1. The smallest absolute Gasteiger partial charge is 0.107 e. The van der Waals surface area contributed by atoms with Gasteiger partial charge in [-0.25, -0.2) is 4.98 Å². The van der Waals surface area contributed by atoms with Gasteiger partial charge in [0.05, 0.1) is 10.0 Å². The molecule has 104 valence electrons. The maximum Gasteiger partial charge on any atom is 0.107 e. The third-order valence-corrected chi connectivity index (χ3v) is 4.91. The molecule has 2 aromatic rings. The fourth-order valence-electron chi connectivity index (χ4n) is 1.63. The van der Waals surface area contributed by atoms with E-state index in [-0.39, 0.29) is 5.41 Å². The Balaban J connectivity index is 1.75. The zero-order valence-electron chi connectivity index (χ0n) is 11.5. The Morgan fingerprint density at radius 2 is 2.11 bits per heavy atom. The van der Waals surface area contributed by atoms with Crippen molar-refractivity contribution >= 4 is 34.3 Å². The molecule has 2 heterocycles. The van der Waals surface area contributed by atoms with Crippen LogP contribution in [-0.4, -0.2) is 11.5 Å². The standard InChI is InChI=1S/C14H19ClN2S2/c1-14(2,3)11-9-18-13(17-11)8-16-7-6-10-4-5-12(15)19-10/h4-5,9,16H,6-8H2,1-3H3. The highest BCUT2D eigenvalue weighted by Crippen LogP contribution is 2.24. The molecule has 19 heavy (non-hydrogen) atoms. The molecule has 0 saturated heterocycles. The van der Waals surface area contributed by atoms with Crippen LogP contribution in [0.25, 0.3) is 0 Å². The fraction of sp³-hybridized carbons (Fsp3) is 0.500. The lowest BCUT2D eigenvalue weighted by atomic mass is 9.93. The summed E-state index contributed by atoms with van der Waals surface area (Å²) in [5, 5.41) is 6.76. The number of hydrogen-bond donors (Lipinski definition) is 1. The van der Waals surface area contributed by atoms with Gasteiger partial charge in [0.1, 0.15) is 5.01 Å². The lowest BCUT2D eigenvalue weighted by Crippen LogP contribution is -2.17. The molecule has 0 aromatic carbocycles. The number of nitrogens with one attached hydrogen (secondary N) is 1. The maximum absolute atomic E-state index is 5.90. The van der Waals surface area contributed by atoms with E-state index in [0.29, 0.717) is 0 Å². The average Bonchev–Trinajstić information content (AvgIpc) is 2.93. The highest BCUT2D eigenvalue weighted by molar-refractivity contribution is 7.16. The fourth-order valence-corrected chi connectivity index (χ4v) is 3.71. The van der Waals surface area contributed by atoms with Gasteiger partial charge in [-0.05, 0) is 18.6 Å². The van der Waals surface area contributed by atoms with Crippen LogP contribution in [0.1, 0.15) is 36.3 Å². The van der Waals surface area contributed by atoms with Gasteiger partial charge in [-0.2, -0.15) is 0 Å². The lowest BCUT2D eigenvalue weighted by Gasteiger charge is -2.14. The Morgan fingerprint density at radius 1 is 1.32 bits per heavy atom. The van der Waals surface area contributed by atoms with Crippen molar-refractivity contribution in [1.82, 2.24) is 10.3 Å². The van der Waals surface area contributed by atoms with Crippen molar-refractivity contribution < 1.29 is 0 Å². The summed E-state index contributed by atoms with van der Waals surface area (Å²) in [5.74, 6) is 0. The van der Waals surface area contributed by atoms with Crippen LogP contribution in [0.3, 0.4) is 0 Å². The third-order valence-electron chi connectivity index (χ3n) is 2.77. The molecule has 0 aliphatic rings. The van der Waals surface area contributed by atoms with Crippen molar-refractivity contribution in [2.24, 2.45) is 0 Å². The molecule has 0 aliphatic heterocycles. The van der Waals surface area contributed by atoms with Crippen molar-refractivity contribution in [3.05, 3.63) is 37.4 Å². The minimum Gasteiger partial charge on any atom is -0.310 e. The topological polar surface area (TPSA) is 24.9 Å². The van der Waals surface area contributed by atoms with Crippen LogP contribution in [0.4, 0.5) is 0 Å². The van der Waals surface area contributed by atoms with Crippen LogP contribution >= 0.6 is 34.3 Å². The molecule has 0 radical (unpaired) electrons. The van der Waals surface area contributed by atoms with Crippen molar-refractivity contribution in [2.75, 3.05) is 6.54 Å². The van der Waals surface area contributed by atoms with Gasteiger partial charge in [0.15, 0.2) is 0 Å². The molecule has 0 unspecified atom stereocenters. The van der Waals surface area contributed by atoms with E-state index in [2.05, 4.69) is 42.5 Å². The van der Waals surface area contributed by atoms with Gasteiger partial charge >= 0.3 is 0 Å². The molecule has 2 rings (SSSR count). The van der Waals surface area contributed by atoms with Gasteiger partial charge in [-0.3, -0.25) is 0 Å². The Kier molecular flexibility index (Phi) is 5.01. The van der Waals surface area contributed by atoms with E-state index in [1.807, 2.05) is 6.07 Å². The zero-order valence-corrected chi connectivity index (χ0v) is 13.9. The Labute approximate surface area is 127 Å². The van der Waals surface area contributed by atoms with Crippen LogP contribution in [-0.2, 0) is 18.4 Å². The Morgan fingerprint density at radius 3 is 2.68 bits per heavy atom. The van der Waals surface area contributed by atoms with Crippen LogP contribution in [0.2, 0.25) is 4.34 Å². The summed E-state index contributed by atoms with van der Waals surface area (Å²) in [7, 11) is 0. The number of thiophene rings is 1. The van der Waals surface area contributed by atoms with E-state index in [1.165, 1.54) is 10.6 Å². The van der Waals surface area contributed by atoms with Crippen molar-refractivity contribution in [1.29, 1.82) is 0 Å². The van der Waals surface area contributed by atoms with E-state index in [4.69, 9.17) is 11.6 Å². The van der Waals surface area contributed by atoms with Gasteiger partial charge in [0.25, 0.3) is 0 Å². The Bertz CT molecular complexity index is 526. The van der Waals surface area contributed by atoms with Gasteiger partial charge in [0, 0.05) is 28.8 Å². The third kappa shape index (κ3) is 4.56. The Hall–Kier alpha value is -0.420. The molecule has 0 spiro atoms. The molecule has 0 fully saturated rings. The van der Waals surface area contributed by atoms with Crippen LogP contribution in [0.15, 0.2) is 17.5 Å². The molecule has 0 aliphatic carbocycles. The van der Waals surface area contributed by atoms with Crippen LogP contribution < -0.4 is 5.32 Å². The highest BCUT2D eigenvalue weighted by Gasteiger charge is 2.17. The normalized spacial score (nSPS) is 12.0. The summed E-state index contributed by atoms with van der Waals surface area (Å²) in [6.45, 7) is 8.39. The second kappa shape index (κ2) is 6.35. The van der Waals surface area contributed by atoms with Gasteiger partial charge in [-0.1, -0.05) is 32.4 Å². The SMILES string of the molecule is CC(C)(C)c1csc(CNCCc2ccc(Cl)s2)n1. The molecule has 0 atom stereocenters. The molecule has 2 aromatic heterocycles.